The molecular weight excluding hydrogens is 428 g/mol. The van der Waals surface area contributed by atoms with Gasteiger partial charge in [-0.05, 0) is 24.5 Å². The molecule has 9 heteroatoms. The van der Waals surface area contributed by atoms with Crippen LogP contribution in [0.15, 0.2) is 52.4 Å². The maximum Gasteiger partial charge on any atom is 0.332 e. The number of imidazole rings is 1. The van der Waals surface area contributed by atoms with E-state index >= 15 is 0 Å². The number of rotatable bonds is 8. The van der Waals surface area contributed by atoms with Crippen LogP contribution in [0.25, 0.3) is 10.2 Å². The first kappa shape index (κ1) is 21.9. The van der Waals surface area contributed by atoms with Gasteiger partial charge in [-0.2, -0.15) is 0 Å². The molecule has 0 atom stereocenters. The fourth-order valence-corrected chi connectivity index (χ4v) is 4.99. The van der Waals surface area contributed by atoms with E-state index in [1.54, 1.807) is 38.2 Å². The van der Waals surface area contributed by atoms with E-state index in [0.29, 0.717) is 39.4 Å². The van der Waals surface area contributed by atoms with Crippen LogP contribution in [-0.4, -0.2) is 38.2 Å². The minimum atomic E-state index is -0.395. The first-order chi connectivity index (χ1) is 15.4. The Hall–Kier alpha value is -3.30. The molecule has 1 aromatic carbocycles. The molecule has 0 amide bonds. The molecule has 0 aliphatic rings. The molecular formula is C23H24N4O4S. The normalized spacial score (nSPS) is 11.3. The molecule has 0 saturated heterocycles. The summed E-state index contributed by atoms with van der Waals surface area (Å²) in [6.07, 6.45) is 3.75. The average Bonchev–Trinajstić information content (AvgIpc) is 3.37. The van der Waals surface area contributed by atoms with Crippen molar-refractivity contribution in [3.8, 4) is 0 Å². The van der Waals surface area contributed by atoms with Crippen LogP contribution in [-0.2, 0) is 31.3 Å². The van der Waals surface area contributed by atoms with Crippen molar-refractivity contribution < 1.29 is 9.53 Å². The Bertz CT molecular complexity index is 1400. The van der Waals surface area contributed by atoms with Crippen molar-refractivity contribution in [1.29, 1.82) is 0 Å². The monoisotopic (exact) mass is 452 g/mol. The second-order valence-electron chi connectivity index (χ2n) is 7.61. The molecule has 4 rings (SSSR count). The van der Waals surface area contributed by atoms with Crippen molar-refractivity contribution in [2.75, 3.05) is 13.7 Å². The average molecular weight is 453 g/mol. The maximum atomic E-state index is 13.4. The van der Waals surface area contributed by atoms with Crippen LogP contribution in [0.5, 0.6) is 0 Å². The third-order valence-electron chi connectivity index (χ3n) is 5.42. The Morgan fingerprint density at radius 2 is 1.88 bits per heavy atom. The van der Waals surface area contributed by atoms with Gasteiger partial charge in [-0.25, -0.2) is 9.78 Å². The Morgan fingerprint density at radius 3 is 2.53 bits per heavy atom. The van der Waals surface area contributed by atoms with Crippen molar-refractivity contribution in [3.63, 3.8) is 0 Å². The summed E-state index contributed by atoms with van der Waals surface area (Å²) in [5.74, 6) is -0.259. The van der Waals surface area contributed by atoms with Gasteiger partial charge < -0.3 is 9.30 Å². The number of hydrogen-bond acceptors (Lipinski definition) is 6. The molecule has 166 valence electrons. The van der Waals surface area contributed by atoms with E-state index in [1.165, 1.54) is 9.13 Å². The number of thiophene rings is 1. The zero-order valence-corrected chi connectivity index (χ0v) is 19.0. The van der Waals surface area contributed by atoms with E-state index in [1.807, 2.05) is 30.3 Å². The highest BCUT2D eigenvalue weighted by Gasteiger charge is 2.24. The second-order valence-corrected chi connectivity index (χ2v) is 8.61. The lowest BCUT2D eigenvalue weighted by atomic mass is 10.1. The molecule has 0 N–H and O–H groups in total. The van der Waals surface area contributed by atoms with Gasteiger partial charge in [-0.15, -0.1) is 11.3 Å². The number of carbonyl (C=O) groups excluding carboxylic acids is 1. The van der Waals surface area contributed by atoms with Crippen LogP contribution in [0.4, 0.5) is 0 Å². The molecule has 3 aromatic heterocycles. The summed E-state index contributed by atoms with van der Waals surface area (Å²) in [5, 5.41) is 0.401. The van der Waals surface area contributed by atoms with E-state index in [-0.39, 0.29) is 24.4 Å². The fourth-order valence-electron chi connectivity index (χ4n) is 3.72. The SMILES string of the molecule is COCCn1c(=O)n(CCc2ccccc2)c(=O)c2c(C)c(C(=O)c3cn(C)cn3)sc21. The highest BCUT2D eigenvalue weighted by Crippen LogP contribution is 2.29. The fraction of sp³-hybridized carbons (Fsp3) is 0.304. The van der Waals surface area contributed by atoms with Crippen LogP contribution in [0.2, 0.25) is 0 Å². The summed E-state index contributed by atoms with van der Waals surface area (Å²) in [6.45, 7) is 2.60. The van der Waals surface area contributed by atoms with Gasteiger partial charge in [0.05, 0.1) is 29.7 Å². The maximum absolute atomic E-state index is 13.4. The summed E-state index contributed by atoms with van der Waals surface area (Å²) >= 11 is 1.16. The quantitative estimate of drug-likeness (QED) is 0.383. The van der Waals surface area contributed by atoms with Gasteiger partial charge in [0.1, 0.15) is 10.5 Å². The van der Waals surface area contributed by atoms with E-state index in [0.717, 1.165) is 16.9 Å². The number of ether oxygens (including phenoxy) is 1. The molecule has 3 heterocycles. The Labute approximate surface area is 188 Å². The summed E-state index contributed by atoms with van der Waals surface area (Å²) in [5.41, 5.74) is 1.15. The molecule has 4 aromatic rings. The van der Waals surface area contributed by atoms with Gasteiger partial charge in [0.25, 0.3) is 5.56 Å². The number of aryl methyl sites for hydroxylation is 3. The van der Waals surface area contributed by atoms with Gasteiger partial charge in [-0.1, -0.05) is 30.3 Å². The molecule has 0 radical (unpaired) electrons. The molecule has 0 unspecified atom stereocenters. The number of hydrogen-bond donors (Lipinski definition) is 0. The Morgan fingerprint density at radius 1 is 1.12 bits per heavy atom. The smallest absolute Gasteiger partial charge is 0.332 e. The van der Waals surface area contributed by atoms with Crippen molar-refractivity contribution >= 4 is 27.3 Å². The van der Waals surface area contributed by atoms with Gasteiger partial charge in [0.15, 0.2) is 0 Å². The lowest BCUT2D eigenvalue weighted by Gasteiger charge is -2.12. The minimum absolute atomic E-state index is 0.253. The van der Waals surface area contributed by atoms with Crippen molar-refractivity contribution in [2.45, 2.75) is 26.4 Å². The highest BCUT2D eigenvalue weighted by atomic mass is 32.1. The summed E-state index contributed by atoms with van der Waals surface area (Å²) < 4.78 is 9.68. The van der Waals surface area contributed by atoms with Crippen molar-refractivity contribution in [3.05, 3.63) is 85.4 Å². The Balaban J connectivity index is 1.86. The van der Waals surface area contributed by atoms with Crippen LogP contribution in [0.1, 0.15) is 26.5 Å². The zero-order valence-electron chi connectivity index (χ0n) is 18.2. The molecule has 0 saturated carbocycles. The van der Waals surface area contributed by atoms with Crippen molar-refractivity contribution in [1.82, 2.24) is 18.7 Å². The molecule has 0 spiro atoms. The van der Waals surface area contributed by atoms with Crippen LogP contribution in [0.3, 0.4) is 0 Å². The number of methoxy groups -OCH3 is 1. The molecule has 8 nitrogen and oxygen atoms in total. The minimum Gasteiger partial charge on any atom is -0.383 e. The summed E-state index contributed by atoms with van der Waals surface area (Å²) in [6, 6.07) is 9.71. The van der Waals surface area contributed by atoms with E-state index < -0.39 is 5.69 Å². The van der Waals surface area contributed by atoms with E-state index in [2.05, 4.69) is 4.98 Å². The lowest BCUT2D eigenvalue weighted by Crippen LogP contribution is -2.40. The molecule has 0 aliphatic heterocycles. The molecule has 0 bridgehead atoms. The first-order valence-corrected chi connectivity index (χ1v) is 11.1. The van der Waals surface area contributed by atoms with Crippen LogP contribution < -0.4 is 11.2 Å². The second kappa shape index (κ2) is 9.05. The number of ketones is 1. The van der Waals surface area contributed by atoms with E-state index in [4.69, 9.17) is 4.74 Å². The standard InChI is InChI=1S/C23H24N4O4S/c1-15-18-21(29)26(10-9-16-7-5-4-6-8-16)23(30)27(11-12-31-3)22(18)32-20(15)19(28)17-13-25(2)14-24-17/h4-8,13-14H,9-12H2,1-3H3. The number of carbonyl (C=O) groups is 1. The van der Waals surface area contributed by atoms with Gasteiger partial charge in [0.2, 0.25) is 5.78 Å². The zero-order chi connectivity index (χ0) is 22.8. The third kappa shape index (κ3) is 3.96. The molecule has 0 fully saturated rings. The largest absolute Gasteiger partial charge is 0.383 e. The predicted octanol–water partition coefficient (Wildman–Crippen LogP) is 2.39. The molecule has 32 heavy (non-hydrogen) atoms. The van der Waals surface area contributed by atoms with Crippen molar-refractivity contribution in [2.24, 2.45) is 7.05 Å². The third-order valence-corrected chi connectivity index (χ3v) is 6.74. The molecule has 0 aliphatic carbocycles. The number of benzene rings is 1. The van der Waals surface area contributed by atoms with Gasteiger partial charge in [-0.3, -0.25) is 18.7 Å². The first-order valence-electron chi connectivity index (χ1n) is 10.2. The van der Waals surface area contributed by atoms with Crippen LogP contribution in [0, 0.1) is 6.92 Å². The Kier molecular flexibility index (Phi) is 6.20. The van der Waals surface area contributed by atoms with Gasteiger partial charge in [0, 0.05) is 26.9 Å². The van der Waals surface area contributed by atoms with E-state index in [9.17, 15) is 14.4 Å². The number of fused-ring (bicyclic) bond motifs is 1. The van der Waals surface area contributed by atoms with Gasteiger partial charge >= 0.3 is 5.69 Å². The lowest BCUT2D eigenvalue weighted by molar-refractivity contribution is 0.103. The number of nitrogens with zero attached hydrogens (tertiary/aromatic N) is 4. The summed E-state index contributed by atoms with van der Waals surface area (Å²) in [7, 11) is 3.35. The topological polar surface area (TPSA) is 88.1 Å². The highest BCUT2D eigenvalue weighted by molar-refractivity contribution is 7.20. The van der Waals surface area contributed by atoms with Crippen LogP contribution >= 0.6 is 11.3 Å². The summed E-state index contributed by atoms with van der Waals surface area (Å²) in [4.78, 5) is 44.8. The number of aromatic nitrogens is 4. The predicted molar refractivity (Wildman–Crippen MR) is 124 cm³/mol.